The van der Waals surface area contributed by atoms with Crippen molar-refractivity contribution in [1.82, 2.24) is 9.97 Å². The molecule has 0 spiro atoms. The topological polar surface area (TPSA) is 35.0 Å². The summed E-state index contributed by atoms with van der Waals surface area (Å²) in [6, 6.07) is 5.95. The molecule has 2 aromatic heterocycles. The minimum absolute atomic E-state index is 0.925. The van der Waals surface area contributed by atoms with Gasteiger partial charge in [-0.05, 0) is 37.8 Å². The van der Waals surface area contributed by atoms with Crippen molar-refractivity contribution in [2.75, 3.05) is 7.11 Å². The summed E-state index contributed by atoms with van der Waals surface area (Å²) < 4.78 is 5.76. The Morgan fingerprint density at radius 3 is 2.41 bits per heavy atom. The Labute approximate surface area is 133 Å². The van der Waals surface area contributed by atoms with Crippen LogP contribution in [-0.4, -0.2) is 17.1 Å². The predicted molar refractivity (Wildman–Crippen MR) is 91.2 cm³/mol. The van der Waals surface area contributed by atoms with Gasteiger partial charge in [-0.3, -0.25) is 9.97 Å². The highest BCUT2D eigenvalue weighted by Crippen LogP contribution is 2.33. The van der Waals surface area contributed by atoms with Crippen molar-refractivity contribution < 1.29 is 4.74 Å². The standard InChI is InChI=1S/C19H26N2O/c1-4-6-10-15-14-21-18(17-12-8-9-13-20-17)16(11-7-5-2)19(15)22-3/h8-9,12-14H,4-7,10-11H2,1-3H3. The van der Waals surface area contributed by atoms with Crippen LogP contribution in [0, 0.1) is 0 Å². The molecule has 2 heterocycles. The van der Waals surface area contributed by atoms with E-state index >= 15 is 0 Å². The molecule has 22 heavy (non-hydrogen) atoms. The van der Waals surface area contributed by atoms with Crippen LogP contribution in [0.4, 0.5) is 0 Å². The Bertz CT molecular complexity index is 581. The number of aromatic nitrogens is 2. The molecular formula is C19H26N2O. The van der Waals surface area contributed by atoms with Gasteiger partial charge in [-0.25, -0.2) is 0 Å². The molecule has 0 radical (unpaired) electrons. The Hall–Kier alpha value is -1.90. The largest absolute Gasteiger partial charge is 0.496 e. The molecule has 0 saturated carbocycles. The zero-order valence-corrected chi connectivity index (χ0v) is 13.9. The number of rotatable bonds is 8. The van der Waals surface area contributed by atoms with Crippen LogP contribution in [-0.2, 0) is 12.8 Å². The predicted octanol–water partition coefficient (Wildman–Crippen LogP) is 4.84. The lowest BCUT2D eigenvalue weighted by Gasteiger charge is -2.16. The Kier molecular flexibility index (Phi) is 6.38. The lowest BCUT2D eigenvalue weighted by atomic mass is 9.98. The van der Waals surface area contributed by atoms with E-state index in [2.05, 4.69) is 18.8 Å². The van der Waals surface area contributed by atoms with Gasteiger partial charge in [0.25, 0.3) is 0 Å². The molecular weight excluding hydrogens is 272 g/mol. The molecule has 2 rings (SSSR count). The van der Waals surface area contributed by atoms with Gasteiger partial charge < -0.3 is 4.74 Å². The number of hydrogen-bond acceptors (Lipinski definition) is 3. The molecule has 0 bridgehead atoms. The van der Waals surface area contributed by atoms with Gasteiger partial charge >= 0.3 is 0 Å². The number of nitrogens with zero attached hydrogens (tertiary/aromatic N) is 2. The summed E-state index contributed by atoms with van der Waals surface area (Å²) in [5.41, 5.74) is 4.31. The van der Waals surface area contributed by atoms with Gasteiger partial charge in [0, 0.05) is 23.5 Å². The van der Waals surface area contributed by atoms with Crippen LogP contribution in [0.5, 0.6) is 5.75 Å². The summed E-state index contributed by atoms with van der Waals surface area (Å²) in [5.74, 6) is 1.01. The fraction of sp³-hybridized carbons (Fsp3) is 0.474. The van der Waals surface area contributed by atoms with E-state index in [1.165, 1.54) is 17.5 Å². The lowest BCUT2D eigenvalue weighted by Crippen LogP contribution is -2.04. The molecule has 0 unspecified atom stereocenters. The minimum Gasteiger partial charge on any atom is -0.496 e. The summed E-state index contributed by atoms with van der Waals surface area (Å²) >= 11 is 0. The maximum atomic E-state index is 5.76. The number of pyridine rings is 2. The van der Waals surface area contributed by atoms with Gasteiger partial charge in [0.2, 0.25) is 0 Å². The molecule has 0 saturated heterocycles. The van der Waals surface area contributed by atoms with Gasteiger partial charge in [0.15, 0.2) is 0 Å². The molecule has 0 aromatic carbocycles. The van der Waals surface area contributed by atoms with E-state index in [9.17, 15) is 0 Å². The van der Waals surface area contributed by atoms with Gasteiger partial charge in [0.05, 0.1) is 18.5 Å². The third-order valence-electron chi connectivity index (χ3n) is 3.89. The van der Waals surface area contributed by atoms with Crippen LogP contribution in [0.2, 0.25) is 0 Å². The van der Waals surface area contributed by atoms with E-state index in [4.69, 9.17) is 9.72 Å². The van der Waals surface area contributed by atoms with E-state index in [-0.39, 0.29) is 0 Å². The summed E-state index contributed by atoms with van der Waals surface area (Å²) in [5, 5.41) is 0. The Balaban J connectivity index is 2.48. The second-order valence-electron chi connectivity index (χ2n) is 5.57. The summed E-state index contributed by atoms with van der Waals surface area (Å²) in [7, 11) is 1.77. The quantitative estimate of drug-likeness (QED) is 0.699. The molecule has 2 aromatic rings. The molecule has 0 fully saturated rings. The number of ether oxygens (including phenoxy) is 1. The molecule has 0 aliphatic rings. The van der Waals surface area contributed by atoms with Crippen LogP contribution in [0.3, 0.4) is 0 Å². The maximum absolute atomic E-state index is 5.76. The smallest absolute Gasteiger partial charge is 0.129 e. The van der Waals surface area contributed by atoms with Gasteiger partial charge in [-0.1, -0.05) is 32.8 Å². The Morgan fingerprint density at radius 2 is 1.77 bits per heavy atom. The first-order chi connectivity index (χ1) is 10.8. The van der Waals surface area contributed by atoms with Crippen molar-refractivity contribution in [1.29, 1.82) is 0 Å². The monoisotopic (exact) mass is 298 g/mol. The van der Waals surface area contributed by atoms with Crippen molar-refractivity contribution in [3.05, 3.63) is 41.7 Å². The first-order valence-electron chi connectivity index (χ1n) is 8.27. The van der Waals surface area contributed by atoms with E-state index in [0.717, 1.165) is 49.2 Å². The average molecular weight is 298 g/mol. The summed E-state index contributed by atoms with van der Waals surface area (Å²) in [6.07, 6.45) is 10.4. The highest BCUT2D eigenvalue weighted by Gasteiger charge is 2.17. The molecule has 0 aliphatic carbocycles. The SMILES string of the molecule is CCCCc1cnc(-c2ccccn2)c(CCCC)c1OC. The van der Waals surface area contributed by atoms with Gasteiger partial charge in [-0.2, -0.15) is 0 Å². The molecule has 0 atom stereocenters. The molecule has 0 amide bonds. The summed E-state index contributed by atoms with van der Waals surface area (Å²) in [6.45, 7) is 4.42. The van der Waals surface area contributed by atoms with Crippen molar-refractivity contribution in [3.63, 3.8) is 0 Å². The van der Waals surface area contributed by atoms with Gasteiger partial charge in [0.1, 0.15) is 5.75 Å². The lowest BCUT2D eigenvalue weighted by molar-refractivity contribution is 0.402. The molecule has 3 nitrogen and oxygen atoms in total. The number of methoxy groups -OCH3 is 1. The third-order valence-corrected chi connectivity index (χ3v) is 3.89. The maximum Gasteiger partial charge on any atom is 0.129 e. The van der Waals surface area contributed by atoms with Crippen molar-refractivity contribution in [2.45, 2.75) is 52.4 Å². The zero-order valence-electron chi connectivity index (χ0n) is 13.9. The highest BCUT2D eigenvalue weighted by molar-refractivity contribution is 5.64. The molecule has 0 N–H and O–H groups in total. The molecule has 3 heteroatoms. The number of unbranched alkanes of at least 4 members (excludes halogenated alkanes) is 2. The molecule has 118 valence electrons. The zero-order chi connectivity index (χ0) is 15.8. The first kappa shape index (κ1) is 16.5. The van der Waals surface area contributed by atoms with Crippen LogP contribution in [0.1, 0.15) is 50.7 Å². The average Bonchev–Trinajstić information content (AvgIpc) is 2.58. The Morgan fingerprint density at radius 1 is 1.00 bits per heavy atom. The van der Waals surface area contributed by atoms with Crippen LogP contribution in [0.25, 0.3) is 11.4 Å². The van der Waals surface area contributed by atoms with E-state index in [0.29, 0.717) is 0 Å². The second kappa shape index (κ2) is 8.52. The fourth-order valence-electron chi connectivity index (χ4n) is 2.69. The van der Waals surface area contributed by atoms with Crippen LogP contribution < -0.4 is 4.74 Å². The highest BCUT2D eigenvalue weighted by atomic mass is 16.5. The van der Waals surface area contributed by atoms with Crippen molar-refractivity contribution in [3.8, 4) is 17.1 Å². The second-order valence-corrected chi connectivity index (χ2v) is 5.57. The van der Waals surface area contributed by atoms with Gasteiger partial charge in [-0.15, -0.1) is 0 Å². The third kappa shape index (κ3) is 3.85. The number of aryl methyl sites for hydroxylation is 1. The first-order valence-corrected chi connectivity index (χ1v) is 8.27. The van der Waals surface area contributed by atoms with Crippen molar-refractivity contribution >= 4 is 0 Å². The van der Waals surface area contributed by atoms with Crippen LogP contribution >= 0.6 is 0 Å². The van der Waals surface area contributed by atoms with E-state index in [1.807, 2.05) is 30.6 Å². The molecule has 0 aliphatic heterocycles. The van der Waals surface area contributed by atoms with Crippen molar-refractivity contribution in [2.24, 2.45) is 0 Å². The minimum atomic E-state index is 0.925. The fourth-order valence-corrected chi connectivity index (χ4v) is 2.69. The van der Waals surface area contributed by atoms with Crippen LogP contribution in [0.15, 0.2) is 30.6 Å². The van der Waals surface area contributed by atoms with E-state index in [1.54, 1.807) is 7.11 Å². The summed E-state index contributed by atoms with van der Waals surface area (Å²) in [4.78, 5) is 9.19. The normalized spacial score (nSPS) is 10.7. The number of hydrogen-bond donors (Lipinski definition) is 0. The van der Waals surface area contributed by atoms with E-state index < -0.39 is 0 Å².